The van der Waals surface area contributed by atoms with Crippen LogP contribution < -0.4 is 14.2 Å². The fourth-order valence-corrected chi connectivity index (χ4v) is 5.46. The van der Waals surface area contributed by atoms with Crippen LogP contribution in [0.3, 0.4) is 0 Å². The van der Waals surface area contributed by atoms with Crippen LogP contribution in [0.25, 0.3) is 10.8 Å². The van der Waals surface area contributed by atoms with Crippen molar-refractivity contribution in [3.8, 4) is 17.2 Å². The van der Waals surface area contributed by atoms with Crippen molar-refractivity contribution < 1.29 is 34.0 Å². The van der Waals surface area contributed by atoms with Crippen molar-refractivity contribution in [2.75, 3.05) is 21.3 Å². The fourth-order valence-electron chi connectivity index (χ4n) is 5.46. The summed E-state index contributed by atoms with van der Waals surface area (Å²) >= 11 is 0. The van der Waals surface area contributed by atoms with Gasteiger partial charge in [-0.15, -0.1) is 0 Å². The molecule has 0 radical (unpaired) electrons. The van der Waals surface area contributed by atoms with Crippen molar-refractivity contribution >= 4 is 16.7 Å². The number of methoxy groups -OCH3 is 3. The third-order valence-corrected chi connectivity index (χ3v) is 7.64. The molecular weight excluding hydrogens is 472 g/mol. The van der Waals surface area contributed by atoms with Crippen molar-refractivity contribution in [1.29, 1.82) is 0 Å². The van der Waals surface area contributed by atoms with Crippen LogP contribution in [0, 0.1) is 11.8 Å². The molecule has 1 fully saturated rings. The Labute approximate surface area is 217 Å². The van der Waals surface area contributed by atoms with Gasteiger partial charge in [0.25, 0.3) is 0 Å². The monoisotopic (exact) mass is 508 g/mol. The first-order valence-electron chi connectivity index (χ1n) is 12.6. The summed E-state index contributed by atoms with van der Waals surface area (Å²) in [5.74, 6) is 0.914. The Kier molecular flexibility index (Phi) is 8.25. The number of carbonyl (C=O) groups is 1. The van der Waals surface area contributed by atoms with Gasteiger partial charge in [0.1, 0.15) is 23.9 Å². The van der Waals surface area contributed by atoms with E-state index in [1.807, 2.05) is 54.6 Å². The smallest absolute Gasteiger partial charge is 0.309 e. The van der Waals surface area contributed by atoms with E-state index in [4.69, 9.17) is 18.9 Å². The van der Waals surface area contributed by atoms with Gasteiger partial charge in [0.2, 0.25) is 0 Å². The van der Waals surface area contributed by atoms with Gasteiger partial charge in [-0.25, -0.2) is 0 Å². The summed E-state index contributed by atoms with van der Waals surface area (Å²) in [4.78, 5) is 13.4. The minimum atomic E-state index is -1.35. The van der Waals surface area contributed by atoms with Crippen molar-refractivity contribution in [2.45, 2.75) is 50.9 Å². The van der Waals surface area contributed by atoms with E-state index in [1.54, 1.807) is 28.3 Å². The van der Waals surface area contributed by atoms with Gasteiger partial charge in [-0.3, -0.25) is 4.79 Å². The van der Waals surface area contributed by atoms with Crippen LogP contribution in [0.4, 0.5) is 0 Å². The van der Waals surface area contributed by atoms with E-state index < -0.39 is 17.6 Å². The number of aliphatic hydroxyl groups excluding tert-OH is 1. The predicted molar refractivity (Wildman–Crippen MR) is 141 cm³/mol. The molecule has 0 spiro atoms. The molecule has 0 heterocycles. The van der Waals surface area contributed by atoms with Gasteiger partial charge >= 0.3 is 5.97 Å². The highest BCUT2D eigenvalue weighted by atomic mass is 16.5. The highest BCUT2D eigenvalue weighted by Gasteiger charge is 2.46. The van der Waals surface area contributed by atoms with E-state index in [2.05, 4.69) is 0 Å². The molecule has 1 unspecified atom stereocenters. The highest BCUT2D eigenvalue weighted by molar-refractivity contribution is 5.99. The number of hydrogen-bond acceptors (Lipinski definition) is 7. The second-order valence-corrected chi connectivity index (χ2v) is 9.84. The molecule has 4 atom stereocenters. The number of ether oxygens (including phenoxy) is 4. The molecule has 0 aromatic heterocycles. The van der Waals surface area contributed by atoms with Gasteiger partial charge < -0.3 is 29.2 Å². The molecule has 0 amide bonds. The number of aliphatic hydroxyl groups is 2. The Balaban J connectivity index is 1.68. The van der Waals surface area contributed by atoms with Gasteiger partial charge in [-0.05, 0) is 61.8 Å². The van der Waals surface area contributed by atoms with Crippen molar-refractivity contribution in [1.82, 2.24) is 0 Å². The molecular formula is C30H36O7. The number of esters is 1. The number of carbonyl (C=O) groups excluding carboxylic acids is 1. The van der Waals surface area contributed by atoms with Crippen LogP contribution in [-0.2, 0) is 22.6 Å². The summed E-state index contributed by atoms with van der Waals surface area (Å²) < 4.78 is 22.9. The standard InChI is InChI=1S/C30H36O7/c1-19(31)30(33)14-13-21(24(17-30)29(32)37-18-20-9-6-5-7-10-20)15-22-16-26(35-3)23-11-8-12-25(34-2)27(23)28(22)36-4/h5-12,16,19,21,24,31,33H,13-15,17-18H2,1-4H3/t19?,21-,24+,30+/m0/s1. The van der Waals surface area contributed by atoms with Gasteiger partial charge in [0.15, 0.2) is 0 Å². The lowest BCUT2D eigenvalue weighted by atomic mass is 9.68. The van der Waals surface area contributed by atoms with Crippen LogP contribution in [0.2, 0.25) is 0 Å². The van der Waals surface area contributed by atoms with E-state index in [0.717, 1.165) is 21.9 Å². The van der Waals surface area contributed by atoms with Crippen molar-refractivity contribution in [3.05, 3.63) is 65.7 Å². The summed E-state index contributed by atoms with van der Waals surface area (Å²) in [6.07, 6.45) is 0.599. The summed E-state index contributed by atoms with van der Waals surface area (Å²) in [5, 5.41) is 23.1. The topological polar surface area (TPSA) is 94.5 Å². The maximum Gasteiger partial charge on any atom is 0.309 e. The molecule has 1 aliphatic rings. The molecule has 0 saturated heterocycles. The molecule has 4 rings (SSSR count). The molecule has 1 saturated carbocycles. The Morgan fingerprint density at radius 2 is 1.76 bits per heavy atom. The first-order chi connectivity index (χ1) is 17.8. The van der Waals surface area contributed by atoms with Gasteiger partial charge in [-0.2, -0.15) is 0 Å². The van der Waals surface area contributed by atoms with E-state index in [-0.39, 0.29) is 24.9 Å². The summed E-state index contributed by atoms with van der Waals surface area (Å²) in [6, 6.07) is 17.2. The summed E-state index contributed by atoms with van der Waals surface area (Å²) in [7, 11) is 4.86. The molecule has 1 aliphatic carbocycles. The number of benzene rings is 3. The second kappa shape index (κ2) is 11.4. The fraction of sp³-hybridized carbons (Fsp3) is 0.433. The lowest BCUT2D eigenvalue weighted by Gasteiger charge is -2.42. The molecule has 37 heavy (non-hydrogen) atoms. The Hall–Kier alpha value is -3.29. The van der Waals surface area contributed by atoms with E-state index >= 15 is 0 Å². The van der Waals surface area contributed by atoms with Crippen molar-refractivity contribution in [3.63, 3.8) is 0 Å². The van der Waals surface area contributed by atoms with Crippen LogP contribution in [0.15, 0.2) is 54.6 Å². The number of rotatable bonds is 9. The molecule has 3 aromatic carbocycles. The maximum atomic E-state index is 13.4. The van der Waals surface area contributed by atoms with Gasteiger partial charge in [0, 0.05) is 5.39 Å². The second-order valence-electron chi connectivity index (χ2n) is 9.84. The maximum absolute atomic E-state index is 13.4. The molecule has 7 nitrogen and oxygen atoms in total. The average molecular weight is 509 g/mol. The first kappa shape index (κ1) is 26.8. The summed E-state index contributed by atoms with van der Waals surface area (Å²) in [5.41, 5.74) is 0.424. The lowest BCUT2D eigenvalue weighted by Crippen LogP contribution is -2.49. The van der Waals surface area contributed by atoms with Crippen LogP contribution in [0.1, 0.15) is 37.3 Å². The number of hydrogen-bond donors (Lipinski definition) is 2. The Morgan fingerprint density at radius 3 is 2.41 bits per heavy atom. The molecule has 0 bridgehead atoms. The Bertz CT molecular complexity index is 1220. The van der Waals surface area contributed by atoms with E-state index in [9.17, 15) is 15.0 Å². The molecule has 2 N–H and O–H groups in total. The number of fused-ring (bicyclic) bond motifs is 1. The Morgan fingerprint density at radius 1 is 1.03 bits per heavy atom. The third kappa shape index (κ3) is 5.53. The molecule has 7 heteroatoms. The lowest BCUT2D eigenvalue weighted by molar-refractivity contribution is -0.164. The SMILES string of the molecule is COc1cc(C[C@@H]2CC[C@](O)(C(C)O)C[C@H]2C(=O)OCc2ccccc2)c(OC)c2c(OC)cccc12. The molecule has 0 aliphatic heterocycles. The van der Waals surface area contributed by atoms with E-state index in [1.165, 1.54) is 0 Å². The quantitative estimate of drug-likeness (QED) is 0.405. The van der Waals surface area contributed by atoms with Crippen LogP contribution >= 0.6 is 0 Å². The molecule has 3 aromatic rings. The third-order valence-electron chi connectivity index (χ3n) is 7.64. The average Bonchev–Trinajstić information content (AvgIpc) is 2.92. The minimum absolute atomic E-state index is 0.124. The normalized spacial score (nSPS) is 22.3. The first-order valence-corrected chi connectivity index (χ1v) is 12.6. The van der Waals surface area contributed by atoms with Crippen LogP contribution in [-0.4, -0.2) is 49.2 Å². The van der Waals surface area contributed by atoms with Gasteiger partial charge in [-0.1, -0.05) is 42.5 Å². The van der Waals surface area contributed by atoms with Crippen LogP contribution in [0.5, 0.6) is 17.2 Å². The van der Waals surface area contributed by atoms with Crippen molar-refractivity contribution in [2.24, 2.45) is 11.8 Å². The highest BCUT2D eigenvalue weighted by Crippen LogP contribution is 2.46. The minimum Gasteiger partial charge on any atom is -0.496 e. The summed E-state index contributed by atoms with van der Waals surface area (Å²) in [6.45, 7) is 1.72. The van der Waals surface area contributed by atoms with Gasteiger partial charge in [0.05, 0.1) is 44.3 Å². The van der Waals surface area contributed by atoms with E-state index in [0.29, 0.717) is 36.5 Å². The predicted octanol–water partition coefficient (Wildman–Crippen LogP) is 4.68. The largest absolute Gasteiger partial charge is 0.496 e. The zero-order valence-electron chi connectivity index (χ0n) is 21.9. The zero-order chi connectivity index (χ0) is 26.6. The zero-order valence-corrected chi connectivity index (χ0v) is 21.9. The molecule has 198 valence electrons.